The Morgan fingerprint density at radius 3 is 2.52 bits per heavy atom. The molecular formula is C23H25N3O. The van der Waals surface area contributed by atoms with Gasteiger partial charge in [0, 0.05) is 50.2 Å². The number of fused-ring (bicyclic) bond motifs is 1. The maximum Gasteiger partial charge on any atom is 0.254 e. The summed E-state index contributed by atoms with van der Waals surface area (Å²) in [6.45, 7) is 5.74. The van der Waals surface area contributed by atoms with E-state index in [1.807, 2.05) is 4.90 Å². The molecule has 4 rings (SSSR count). The highest BCUT2D eigenvalue weighted by Crippen LogP contribution is 2.25. The van der Waals surface area contributed by atoms with E-state index >= 15 is 0 Å². The summed E-state index contributed by atoms with van der Waals surface area (Å²) in [6.07, 6.45) is 4.35. The number of hydrogen-bond donors (Lipinski definition) is 0. The molecule has 2 heterocycles. The highest BCUT2D eigenvalue weighted by molar-refractivity contribution is 5.94. The number of benzene rings is 2. The third-order valence-corrected chi connectivity index (χ3v) is 5.55. The molecule has 4 nitrogen and oxygen atoms in total. The maximum absolute atomic E-state index is 12.7. The highest BCUT2D eigenvalue weighted by Gasteiger charge is 2.23. The predicted octanol–water partition coefficient (Wildman–Crippen LogP) is 4.14. The van der Waals surface area contributed by atoms with Crippen molar-refractivity contribution in [1.82, 2.24) is 14.8 Å². The van der Waals surface area contributed by atoms with Crippen LogP contribution in [0.25, 0.3) is 10.8 Å². The number of nitrogens with zero attached hydrogens (tertiary/aromatic N) is 3. The number of amides is 1. The van der Waals surface area contributed by atoms with Crippen molar-refractivity contribution in [1.29, 1.82) is 0 Å². The monoisotopic (exact) mass is 359 g/mol. The van der Waals surface area contributed by atoms with Crippen LogP contribution >= 0.6 is 0 Å². The van der Waals surface area contributed by atoms with Crippen molar-refractivity contribution in [2.75, 3.05) is 26.2 Å². The minimum absolute atomic E-state index is 0.109. The number of aromatic nitrogens is 1. The summed E-state index contributed by atoms with van der Waals surface area (Å²) in [4.78, 5) is 21.2. The molecule has 3 aromatic rings. The molecule has 1 unspecified atom stereocenters. The lowest BCUT2D eigenvalue weighted by atomic mass is 10.0. The Balaban J connectivity index is 1.46. The molecule has 4 heteroatoms. The first kappa shape index (κ1) is 17.7. The van der Waals surface area contributed by atoms with Crippen molar-refractivity contribution in [3.05, 3.63) is 78.1 Å². The van der Waals surface area contributed by atoms with E-state index in [1.165, 1.54) is 16.3 Å². The molecular weight excluding hydrogens is 334 g/mol. The molecule has 27 heavy (non-hydrogen) atoms. The van der Waals surface area contributed by atoms with Crippen LogP contribution in [0.2, 0.25) is 0 Å². The molecule has 0 N–H and O–H groups in total. The minimum Gasteiger partial charge on any atom is -0.337 e. The van der Waals surface area contributed by atoms with Gasteiger partial charge in [-0.25, -0.2) is 0 Å². The molecule has 0 saturated carbocycles. The SMILES string of the molecule is CC(c1ccc2ccccc2c1)N1CCCN(C(=O)c2ccncc2)CC1. The lowest BCUT2D eigenvalue weighted by molar-refractivity contribution is 0.0758. The molecule has 1 atom stereocenters. The van der Waals surface area contributed by atoms with Crippen LogP contribution in [-0.2, 0) is 0 Å². The fourth-order valence-electron chi connectivity index (χ4n) is 3.88. The number of carbonyl (C=O) groups excluding carboxylic acids is 1. The van der Waals surface area contributed by atoms with Crippen LogP contribution in [0.5, 0.6) is 0 Å². The molecule has 1 saturated heterocycles. The van der Waals surface area contributed by atoms with Gasteiger partial charge in [-0.2, -0.15) is 0 Å². The van der Waals surface area contributed by atoms with Gasteiger partial charge < -0.3 is 4.90 Å². The zero-order chi connectivity index (χ0) is 18.6. The van der Waals surface area contributed by atoms with E-state index in [9.17, 15) is 4.79 Å². The molecule has 1 aliphatic rings. The molecule has 1 aromatic heterocycles. The Morgan fingerprint density at radius 2 is 1.70 bits per heavy atom. The second-order valence-corrected chi connectivity index (χ2v) is 7.20. The standard InChI is InChI=1S/C23H25N3O/c1-18(21-8-7-19-5-2-3-6-22(19)17-21)25-13-4-14-26(16-15-25)23(27)20-9-11-24-12-10-20/h2-3,5-12,17-18H,4,13-16H2,1H3. The van der Waals surface area contributed by atoms with E-state index in [-0.39, 0.29) is 5.91 Å². The first-order valence-corrected chi connectivity index (χ1v) is 9.64. The van der Waals surface area contributed by atoms with Crippen molar-refractivity contribution < 1.29 is 4.79 Å². The smallest absolute Gasteiger partial charge is 0.254 e. The van der Waals surface area contributed by atoms with Gasteiger partial charge in [-0.15, -0.1) is 0 Å². The van der Waals surface area contributed by atoms with Gasteiger partial charge in [-0.3, -0.25) is 14.7 Å². The molecule has 0 bridgehead atoms. The molecule has 0 aliphatic carbocycles. The largest absolute Gasteiger partial charge is 0.337 e. The maximum atomic E-state index is 12.7. The predicted molar refractivity (Wildman–Crippen MR) is 109 cm³/mol. The van der Waals surface area contributed by atoms with Gasteiger partial charge in [0.1, 0.15) is 0 Å². The molecule has 138 valence electrons. The number of rotatable bonds is 3. The van der Waals surface area contributed by atoms with Crippen LogP contribution in [0.3, 0.4) is 0 Å². The van der Waals surface area contributed by atoms with Gasteiger partial charge in [0.25, 0.3) is 5.91 Å². The summed E-state index contributed by atoms with van der Waals surface area (Å²) in [7, 11) is 0. The van der Waals surface area contributed by atoms with E-state index < -0.39 is 0 Å². The van der Waals surface area contributed by atoms with E-state index in [1.54, 1.807) is 24.5 Å². The van der Waals surface area contributed by atoms with Gasteiger partial charge in [-0.05, 0) is 47.9 Å². The van der Waals surface area contributed by atoms with Crippen LogP contribution in [0.4, 0.5) is 0 Å². The van der Waals surface area contributed by atoms with Crippen LogP contribution in [0, 0.1) is 0 Å². The minimum atomic E-state index is 0.109. The zero-order valence-corrected chi connectivity index (χ0v) is 15.7. The fraction of sp³-hybridized carbons (Fsp3) is 0.304. The van der Waals surface area contributed by atoms with Crippen LogP contribution in [0.15, 0.2) is 67.0 Å². The highest BCUT2D eigenvalue weighted by atomic mass is 16.2. The molecule has 0 radical (unpaired) electrons. The van der Waals surface area contributed by atoms with Gasteiger partial charge in [0.05, 0.1) is 0 Å². The first-order valence-electron chi connectivity index (χ1n) is 9.64. The lowest BCUT2D eigenvalue weighted by Gasteiger charge is -2.28. The van der Waals surface area contributed by atoms with E-state index in [0.29, 0.717) is 6.04 Å². The Kier molecular flexibility index (Phi) is 5.16. The second kappa shape index (κ2) is 7.89. The normalized spacial score (nSPS) is 16.9. The van der Waals surface area contributed by atoms with Gasteiger partial charge in [0.15, 0.2) is 0 Å². The molecule has 1 amide bonds. The van der Waals surface area contributed by atoms with E-state index in [2.05, 4.69) is 59.3 Å². The molecule has 0 spiro atoms. The van der Waals surface area contributed by atoms with Crippen molar-refractivity contribution in [2.45, 2.75) is 19.4 Å². The lowest BCUT2D eigenvalue weighted by Crippen LogP contribution is -2.35. The van der Waals surface area contributed by atoms with Crippen LogP contribution < -0.4 is 0 Å². The zero-order valence-electron chi connectivity index (χ0n) is 15.7. The van der Waals surface area contributed by atoms with E-state index in [0.717, 1.165) is 38.2 Å². The molecule has 1 fully saturated rings. The van der Waals surface area contributed by atoms with Crippen LogP contribution in [0.1, 0.15) is 35.3 Å². The van der Waals surface area contributed by atoms with Gasteiger partial charge in [-0.1, -0.05) is 36.4 Å². The third-order valence-electron chi connectivity index (χ3n) is 5.55. The summed E-state index contributed by atoms with van der Waals surface area (Å²) < 4.78 is 0. The summed E-state index contributed by atoms with van der Waals surface area (Å²) in [5, 5.41) is 2.56. The summed E-state index contributed by atoms with van der Waals surface area (Å²) in [6, 6.07) is 19.2. The third kappa shape index (κ3) is 3.86. The topological polar surface area (TPSA) is 36.4 Å². The average molecular weight is 359 g/mol. The molecule has 1 aliphatic heterocycles. The fourth-order valence-corrected chi connectivity index (χ4v) is 3.88. The Hall–Kier alpha value is -2.72. The number of hydrogen-bond acceptors (Lipinski definition) is 3. The number of carbonyl (C=O) groups is 1. The van der Waals surface area contributed by atoms with Crippen molar-refractivity contribution >= 4 is 16.7 Å². The quantitative estimate of drug-likeness (QED) is 0.705. The van der Waals surface area contributed by atoms with E-state index in [4.69, 9.17) is 0 Å². The Labute approximate surface area is 160 Å². The molecule has 2 aromatic carbocycles. The van der Waals surface area contributed by atoms with Crippen LogP contribution in [-0.4, -0.2) is 46.9 Å². The van der Waals surface area contributed by atoms with Crippen molar-refractivity contribution in [3.8, 4) is 0 Å². The van der Waals surface area contributed by atoms with Gasteiger partial charge >= 0.3 is 0 Å². The Morgan fingerprint density at radius 1 is 0.926 bits per heavy atom. The van der Waals surface area contributed by atoms with Gasteiger partial charge in [0.2, 0.25) is 0 Å². The Bertz CT molecular complexity index is 925. The summed E-state index contributed by atoms with van der Waals surface area (Å²) >= 11 is 0. The number of pyridine rings is 1. The average Bonchev–Trinajstić information content (AvgIpc) is 2.99. The van der Waals surface area contributed by atoms with Crippen molar-refractivity contribution in [3.63, 3.8) is 0 Å². The summed E-state index contributed by atoms with van der Waals surface area (Å²) in [5.74, 6) is 0.109. The van der Waals surface area contributed by atoms with Crippen molar-refractivity contribution in [2.24, 2.45) is 0 Å². The summed E-state index contributed by atoms with van der Waals surface area (Å²) in [5.41, 5.74) is 2.06. The first-order chi connectivity index (χ1) is 13.2. The second-order valence-electron chi connectivity index (χ2n) is 7.20.